The molecule has 3 rings (SSSR count). The fourth-order valence-corrected chi connectivity index (χ4v) is 3.32. The van der Waals surface area contributed by atoms with Gasteiger partial charge in [-0.05, 0) is 30.2 Å². The number of para-hydroxylation sites is 1. The van der Waals surface area contributed by atoms with Crippen molar-refractivity contribution in [1.82, 2.24) is 0 Å². The molecule has 0 saturated heterocycles. The molecule has 0 aromatic heterocycles. The van der Waals surface area contributed by atoms with Gasteiger partial charge in [0.1, 0.15) is 0 Å². The van der Waals surface area contributed by atoms with Crippen molar-refractivity contribution in [2.45, 2.75) is 40.0 Å². The number of hydrogen-bond donors (Lipinski definition) is 1. The van der Waals surface area contributed by atoms with E-state index in [-0.39, 0.29) is 17.1 Å². The lowest BCUT2D eigenvalue weighted by Crippen LogP contribution is -2.28. The summed E-state index contributed by atoms with van der Waals surface area (Å²) in [4.78, 5) is 24.7. The third-order valence-corrected chi connectivity index (χ3v) is 4.71. The van der Waals surface area contributed by atoms with E-state index >= 15 is 0 Å². The molecular weight excluding hydrogens is 262 g/mol. The molecule has 1 aromatic carbocycles. The molecule has 1 fully saturated rings. The molecule has 0 bridgehead atoms. The second-order valence-electron chi connectivity index (χ2n) is 7.08. The fraction of sp³-hybridized carbons (Fsp3) is 0.444. The summed E-state index contributed by atoms with van der Waals surface area (Å²) in [6.45, 7) is 6.62. The van der Waals surface area contributed by atoms with Crippen molar-refractivity contribution >= 4 is 23.0 Å². The standard InChI is InChI=1S/C18H21NO2/c1-18(2,3)11-8-9-15(20)13(10-11)16-12-6-4-5-7-14(12)19-17(16)21/h4-7,11H,8-10H2,1-3H3,(H,19,21). The second-order valence-corrected chi connectivity index (χ2v) is 7.08. The third-order valence-electron chi connectivity index (χ3n) is 4.71. The molecule has 1 aromatic rings. The first kappa shape index (κ1) is 14.1. The number of carbonyl (C=O) groups excluding carboxylic acids is 2. The molecule has 0 spiro atoms. The molecule has 1 saturated carbocycles. The summed E-state index contributed by atoms with van der Waals surface area (Å²) in [5, 5.41) is 2.87. The molecule has 2 aliphatic rings. The number of hydrogen-bond acceptors (Lipinski definition) is 2. The monoisotopic (exact) mass is 283 g/mol. The van der Waals surface area contributed by atoms with E-state index < -0.39 is 0 Å². The van der Waals surface area contributed by atoms with Crippen molar-refractivity contribution in [3.8, 4) is 0 Å². The maximum absolute atomic E-state index is 12.4. The minimum atomic E-state index is -0.130. The summed E-state index contributed by atoms with van der Waals surface area (Å²) >= 11 is 0. The Morgan fingerprint density at radius 2 is 1.86 bits per heavy atom. The van der Waals surface area contributed by atoms with Crippen LogP contribution in [0.15, 0.2) is 29.8 Å². The Morgan fingerprint density at radius 1 is 1.14 bits per heavy atom. The second kappa shape index (κ2) is 4.83. The number of fused-ring (bicyclic) bond motifs is 1. The lowest BCUT2D eigenvalue weighted by molar-refractivity contribution is -0.118. The topological polar surface area (TPSA) is 46.2 Å². The Balaban J connectivity index is 2.08. The Morgan fingerprint density at radius 3 is 2.57 bits per heavy atom. The van der Waals surface area contributed by atoms with Crippen LogP contribution in [0.2, 0.25) is 0 Å². The van der Waals surface area contributed by atoms with Crippen LogP contribution in [0.4, 0.5) is 5.69 Å². The summed E-state index contributed by atoms with van der Waals surface area (Å²) in [5.41, 5.74) is 3.17. The van der Waals surface area contributed by atoms with Gasteiger partial charge in [-0.3, -0.25) is 9.59 Å². The smallest absolute Gasteiger partial charge is 0.256 e. The van der Waals surface area contributed by atoms with Crippen LogP contribution in [-0.4, -0.2) is 11.7 Å². The van der Waals surface area contributed by atoms with Gasteiger partial charge in [0.2, 0.25) is 0 Å². The van der Waals surface area contributed by atoms with Gasteiger partial charge in [-0.25, -0.2) is 0 Å². The highest BCUT2D eigenvalue weighted by molar-refractivity contribution is 6.35. The molecule has 1 aliphatic carbocycles. The van der Waals surface area contributed by atoms with Crippen LogP contribution in [0, 0.1) is 11.3 Å². The number of Topliss-reactive ketones (excluding diaryl/α,β-unsaturated/α-hetero) is 1. The van der Waals surface area contributed by atoms with Crippen LogP contribution in [-0.2, 0) is 9.59 Å². The fourth-order valence-electron chi connectivity index (χ4n) is 3.32. The highest BCUT2D eigenvalue weighted by Gasteiger charge is 2.36. The van der Waals surface area contributed by atoms with E-state index in [1.54, 1.807) is 0 Å². The van der Waals surface area contributed by atoms with Crippen molar-refractivity contribution in [1.29, 1.82) is 0 Å². The highest BCUT2D eigenvalue weighted by atomic mass is 16.2. The Hall–Kier alpha value is -1.90. The molecule has 1 heterocycles. The lowest BCUT2D eigenvalue weighted by atomic mass is 9.69. The van der Waals surface area contributed by atoms with Gasteiger partial charge < -0.3 is 5.32 Å². The van der Waals surface area contributed by atoms with Crippen LogP contribution >= 0.6 is 0 Å². The zero-order valence-electron chi connectivity index (χ0n) is 12.8. The molecule has 110 valence electrons. The van der Waals surface area contributed by atoms with Crippen LogP contribution in [0.5, 0.6) is 0 Å². The van der Waals surface area contributed by atoms with Crippen LogP contribution in [0.25, 0.3) is 5.57 Å². The van der Waals surface area contributed by atoms with Crippen LogP contribution in [0.1, 0.15) is 45.6 Å². The maximum Gasteiger partial charge on any atom is 0.256 e. The van der Waals surface area contributed by atoms with Gasteiger partial charge >= 0.3 is 0 Å². The maximum atomic E-state index is 12.4. The van der Waals surface area contributed by atoms with Crippen molar-refractivity contribution in [2.75, 3.05) is 5.32 Å². The summed E-state index contributed by atoms with van der Waals surface area (Å²) < 4.78 is 0. The molecular formula is C18H21NO2. The van der Waals surface area contributed by atoms with E-state index in [0.717, 1.165) is 23.2 Å². The summed E-state index contributed by atoms with van der Waals surface area (Å²) in [7, 11) is 0. The van der Waals surface area contributed by atoms with Gasteiger partial charge in [0.15, 0.2) is 5.78 Å². The first-order valence-electron chi connectivity index (χ1n) is 7.55. The SMILES string of the molecule is CC(C)(C)C1CCC(=O)C(=C2C(=O)Nc3ccccc32)C1. The van der Waals surface area contributed by atoms with Crippen LogP contribution in [0.3, 0.4) is 0 Å². The van der Waals surface area contributed by atoms with Gasteiger partial charge in [-0.1, -0.05) is 39.0 Å². The van der Waals surface area contributed by atoms with Crippen molar-refractivity contribution in [2.24, 2.45) is 11.3 Å². The molecule has 1 unspecified atom stereocenters. The minimum Gasteiger partial charge on any atom is -0.321 e. The number of carbonyl (C=O) groups is 2. The van der Waals surface area contributed by atoms with E-state index in [0.29, 0.717) is 24.3 Å². The summed E-state index contributed by atoms with van der Waals surface area (Å²) in [6.07, 6.45) is 2.18. The molecule has 1 aliphatic heterocycles. The number of amides is 1. The first-order valence-corrected chi connectivity index (χ1v) is 7.55. The number of allylic oxidation sites excluding steroid dienone is 1. The molecule has 21 heavy (non-hydrogen) atoms. The predicted molar refractivity (Wildman–Crippen MR) is 83.8 cm³/mol. The van der Waals surface area contributed by atoms with E-state index in [4.69, 9.17) is 0 Å². The Kier molecular flexibility index (Phi) is 3.23. The van der Waals surface area contributed by atoms with E-state index in [9.17, 15) is 9.59 Å². The van der Waals surface area contributed by atoms with Gasteiger partial charge in [0, 0.05) is 23.2 Å². The van der Waals surface area contributed by atoms with E-state index in [2.05, 4.69) is 26.1 Å². The molecule has 0 radical (unpaired) electrons. The molecule has 1 N–H and O–H groups in total. The van der Waals surface area contributed by atoms with Gasteiger partial charge in [-0.15, -0.1) is 0 Å². The number of benzene rings is 1. The Bertz CT molecular complexity index is 649. The van der Waals surface area contributed by atoms with Crippen molar-refractivity contribution in [3.63, 3.8) is 0 Å². The summed E-state index contributed by atoms with van der Waals surface area (Å²) in [6, 6.07) is 7.61. The average Bonchev–Trinajstić information content (AvgIpc) is 2.74. The Labute approximate surface area is 125 Å². The molecule has 1 atom stereocenters. The van der Waals surface area contributed by atoms with Crippen molar-refractivity contribution in [3.05, 3.63) is 35.4 Å². The summed E-state index contributed by atoms with van der Waals surface area (Å²) in [5.74, 6) is 0.449. The van der Waals surface area contributed by atoms with Gasteiger partial charge in [0.25, 0.3) is 5.91 Å². The predicted octanol–water partition coefficient (Wildman–Crippen LogP) is 3.81. The molecule has 3 heteroatoms. The third kappa shape index (κ3) is 2.41. The van der Waals surface area contributed by atoms with Crippen LogP contribution < -0.4 is 5.32 Å². The minimum absolute atomic E-state index is 0.130. The highest BCUT2D eigenvalue weighted by Crippen LogP contribution is 2.43. The first-order chi connectivity index (χ1) is 9.88. The largest absolute Gasteiger partial charge is 0.321 e. The van der Waals surface area contributed by atoms with Gasteiger partial charge in [0.05, 0.1) is 5.57 Å². The molecule has 1 amide bonds. The van der Waals surface area contributed by atoms with E-state index in [1.807, 2.05) is 24.3 Å². The molecule has 3 nitrogen and oxygen atoms in total. The van der Waals surface area contributed by atoms with E-state index in [1.165, 1.54) is 0 Å². The number of anilines is 1. The normalized spacial score (nSPS) is 25.8. The quantitative estimate of drug-likeness (QED) is 0.736. The lowest BCUT2D eigenvalue weighted by Gasteiger charge is -2.34. The number of nitrogens with one attached hydrogen (secondary N) is 1. The number of rotatable bonds is 0. The zero-order chi connectivity index (χ0) is 15.2. The average molecular weight is 283 g/mol. The number of ketones is 1. The van der Waals surface area contributed by atoms with Crippen molar-refractivity contribution < 1.29 is 9.59 Å². The van der Waals surface area contributed by atoms with Gasteiger partial charge in [-0.2, -0.15) is 0 Å². The zero-order valence-corrected chi connectivity index (χ0v) is 12.8.